The van der Waals surface area contributed by atoms with Crippen LogP contribution in [0.25, 0.3) is 0 Å². The van der Waals surface area contributed by atoms with E-state index in [0.29, 0.717) is 21.9 Å². The van der Waals surface area contributed by atoms with E-state index in [-0.39, 0.29) is 11.5 Å². The van der Waals surface area contributed by atoms with Crippen LogP contribution in [0.3, 0.4) is 0 Å². The van der Waals surface area contributed by atoms with Gasteiger partial charge in [0.2, 0.25) is 0 Å². The van der Waals surface area contributed by atoms with E-state index in [1.807, 2.05) is 0 Å². The minimum atomic E-state index is -1.31. The van der Waals surface area contributed by atoms with Crippen LogP contribution < -0.4 is 5.32 Å². The molecule has 2 aromatic carbocycles. The number of benzene rings is 2. The van der Waals surface area contributed by atoms with Crippen molar-refractivity contribution in [2.24, 2.45) is 0 Å². The predicted octanol–water partition coefficient (Wildman–Crippen LogP) is 2.31. The molecule has 2 rings (SSSR count). The summed E-state index contributed by atoms with van der Waals surface area (Å²) >= 11 is 0. The van der Waals surface area contributed by atoms with E-state index in [9.17, 15) is 18.6 Å². The Morgan fingerprint density at radius 3 is 2.29 bits per heavy atom. The molecule has 0 heterocycles. The number of amides is 2. The van der Waals surface area contributed by atoms with Crippen molar-refractivity contribution < 1.29 is 23.3 Å². The first-order valence-electron chi connectivity index (χ1n) is 8.59. The van der Waals surface area contributed by atoms with Gasteiger partial charge < -0.3 is 15.0 Å². The van der Waals surface area contributed by atoms with Gasteiger partial charge in [-0.05, 0) is 36.4 Å². The Bertz CT molecular complexity index is 894. The van der Waals surface area contributed by atoms with Gasteiger partial charge >= 0.3 is 5.97 Å². The Hall–Kier alpha value is -3.00. The lowest BCUT2D eigenvalue weighted by Crippen LogP contribution is -2.22. The maximum absolute atomic E-state index is 12.2. The van der Waals surface area contributed by atoms with Crippen LogP contribution in [0.5, 0.6) is 0 Å². The molecular formula is C20H22N2O5S. The van der Waals surface area contributed by atoms with Gasteiger partial charge in [-0.1, -0.05) is 19.1 Å². The zero-order chi connectivity index (χ0) is 20.7. The molecule has 0 aliphatic heterocycles. The summed E-state index contributed by atoms with van der Waals surface area (Å²) in [6, 6.07) is 12.8. The predicted molar refractivity (Wildman–Crippen MR) is 107 cm³/mol. The fraction of sp³-hybridized carbons (Fsp3) is 0.250. The van der Waals surface area contributed by atoms with Crippen molar-refractivity contribution in [3.63, 3.8) is 0 Å². The molecule has 0 saturated carbocycles. The van der Waals surface area contributed by atoms with Crippen molar-refractivity contribution in [2.75, 3.05) is 31.8 Å². The van der Waals surface area contributed by atoms with Crippen LogP contribution in [0.1, 0.15) is 27.6 Å². The second kappa shape index (κ2) is 9.80. The fourth-order valence-electron chi connectivity index (χ4n) is 2.35. The Balaban J connectivity index is 1.95. The van der Waals surface area contributed by atoms with Gasteiger partial charge in [0, 0.05) is 31.1 Å². The van der Waals surface area contributed by atoms with Crippen LogP contribution in [0, 0.1) is 0 Å². The minimum absolute atomic E-state index is 0.144. The highest BCUT2D eigenvalue weighted by Crippen LogP contribution is 2.15. The molecule has 0 spiro atoms. The van der Waals surface area contributed by atoms with E-state index in [4.69, 9.17) is 4.74 Å². The van der Waals surface area contributed by atoms with Crippen LogP contribution in [-0.2, 0) is 20.3 Å². The third kappa shape index (κ3) is 5.50. The molecule has 0 radical (unpaired) electrons. The van der Waals surface area contributed by atoms with Gasteiger partial charge in [-0.15, -0.1) is 0 Å². The first-order valence-corrected chi connectivity index (χ1v) is 9.91. The molecule has 0 aliphatic rings. The first kappa shape index (κ1) is 21.3. The van der Waals surface area contributed by atoms with Crippen LogP contribution in [0.2, 0.25) is 0 Å². The Kier molecular flexibility index (Phi) is 7.45. The van der Waals surface area contributed by atoms with Gasteiger partial charge in [0.1, 0.15) is 0 Å². The van der Waals surface area contributed by atoms with Crippen molar-refractivity contribution in [1.29, 1.82) is 0 Å². The summed E-state index contributed by atoms with van der Waals surface area (Å²) in [5.41, 5.74) is 1.15. The normalized spacial score (nSPS) is 11.4. The average Bonchev–Trinajstić information content (AvgIpc) is 2.71. The van der Waals surface area contributed by atoms with Gasteiger partial charge in [-0.2, -0.15) is 0 Å². The number of hydrogen-bond acceptors (Lipinski definition) is 5. The topological polar surface area (TPSA) is 92.8 Å². The zero-order valence-corrected chi connectivity index (χ0v) is 16.7. The van der Waals surface area contributed by atoms with Crippen LogP contribution in [0.15, 0.2) is 53.4 Å². The second-order valence-electron chi connectivity index (χ2n) is 6.03. The number of carbonyl (C=O) groups is 3. The summed E-state index contributed by atoms with van der Waals surface area (Å²) in [5, 5.41) is 2.59. The molecule has 0 saturated heterocycles. The number of anilines is 1. The molecule has 28 heavy (non-hydrogen) atoms. The molecule has 7 nitrogen and oxygen atoms in total. The number of carbonyl (C=O) groups excluding carboxylic acids is 3. The number of esters is 1. The van der Waals surface area contributed by atoms with E-state index in [1.165, 1.54) is 11.0 Å². The SMILES string of the molecule is CC[S@@](=O)c1ccccc1C(=O)OCC(=O)Nc1ccc(C(=O)N(C)C)cc1. The summed E-state index contributed by atoms with van der Waals surface area (Å²) in [6.07, 6.45) is 0. The molecule has 0 aromatic heterocycles. The standard InChI is InChI=1S/C20H22N2O5S/c1-4-28(26)17-8-6-5-7-16(17)20(25)27-13-18(23)21-15-11-9-14(10-12-15)19(24)22(2)3/h5-12H,4,13H2,1-3H3,(H,21,23)/t28-/m1/s1. The Labute approximate surface area is 166 Å². The van der Waals surface area contributed by atoms with Crippen molar-refractivity contribution in [2.45, 2.75) is 11.8 Å². The molecule has 2 amide bonds. The number of rotatable bonds is 7. The van der Waals surface area contributed by atoms with Crippen molar-refractivity contribution in [3.05, 3.63) is 59.7 Å². The lowest BCUT2D eigenvalue weighted by atomic mass is 10.2. The van der Waals surface area contributed by atoms with Crippen LogP contribution in [0.4, 0.5) is 5.69 Å². The number of nitrogens with zero attached hydrogens (tertiary/aromatic N) is 1. The monoisotopic (exact) mass is 402 g/mol. The smallest absolute Gasteiger partial charge is 0.339 e. The first-order chi connectivity index (χ1) is 13.3. The second-order valence-corrected chi connectivity index (χ2v) is 7.74. The summed E-state index contributed by atoms with van der Waals surface area (Å²) in [6.45, 7) is 1.27. The molecule has 148 valence electrons. The number of hydrogen-bond donors (Lipinski definition) is 1. The molecule has 1 atom stereocenters. The highest BCUT2D eigenvalue weighted by atomic mass is 32.2. The third-order valence-corrected chi connectivity index (χ3v) is 5.14. The lowest BCUT2D eigenvalue weighted by molar-refractivity contribution is -0.119. The quantitative estimate of drug-likeness (QED) is 0.718. The van der Waals surface area contributed by atoms with Crippen LogP contribution in [-0.4, -0.2) is 53.3 Å². The highest BCUT2D eigenvalue weighted by Gasteiger charge is 2.17. The van der Waals surface area contributed by atoms with Crippen LogP contribution >= 0.6 is 0 Å². The van der Waals surface area contributed by atoms with Gasteiger partial charge in [0.05, 0.1) is 21.3 Å². The highest BCUT2D eigenvalue weighted by molar-refractivity contribution is 7.85. The molecule has 8 heteroatoms. The molecule has 0 fully saturated rings. The van der Waals surface area contributed by atoms with E-state index in [2.05, 4.69) is 5.32 Å². The molecule has 0 unspecified atom stereocenters. The van der Waals surface area contributed by atoms with Gasteiger partial charge in [-0.3, -0.25) is 13.8 Å². The third-order valence-electron chi connectivity index (χ3n) is 3.77. The number of ether oxygens (including phenoxy) is 1. The van der Waals surface area contributed by atoms with Gasteiger partial charge in [-0.25, -0.2) is 4.79 Å². The van der Waals surface area contributed by atoms with Crippen molar-refractivity contribution in [1.82, 2.24) is 4.90 Å². The van der Waals surface area contributed by atoms with E-state index in [0.717, 1.165) is 0 Å². The minimum Gasteiger partial charge on any atom is -0.452 e. The van der Waals surface area contributed by atoms with E-state index < -0.39 is 29.3 Å². The summed E-state index contributed by atoms with van der Waals surface area (Å²) in [7, 11) is 2.00. The summed E-state index contributed by atoms with van der Waals surface area (Å²) in [4.78, 5) is 38.0. The molecule has 0 bridgehead atoms. The number of nitrogens with one attached hydrogen (secondary N) is 1. The Morgan fingerprint density at radius 2 is 1.68 bits per heavy atom. The van der Waals surface area contributed by atoms with Gasteiger partial charge in [0.15, 0.2) is 6.61 Å². The maximum atomic E-state index is 12.2. The molecular weight excluding hydrogens is 380 g/mol. The van der Waals surface area contributed by atoms with Crippen molar-refractivity contribution in [3.8, 4) is 0 Å². The van der Waals surface area contributed by atoms with Crippen molar-refractivity contribution >= 4 is 34.3 Å². The summed E-state index contributed by atoms with van der Waals surface area (Å²) in [5.74, 6) is -1.000. The molecule has 0 aliphatic carbocycles. The molecule has 2 aromatic rings. The maximum Gasteiger partial charge on any atom is 0.339 e. The summed E-state index contributed by atoms with van der Waals surface area (Å²) < 4.78 is 17.1. The van der Waals surface area contributed by atoms with E-state index >= 15 is 0 Å². The van der Waals surface area contributed by atoms with E-state index in [1.54, 1.807) is 63.5 Å². The fourth-order valence-corrected chi connectivity index (χ4v) is 3.29. The largest absolute Gasteiger partial charge is 0.452 e. The zero-order valence-electron chi connectivity index (χ0n) is 15.9. The van der Waals surface area contributed by atoms with Gasteiger partial charge in [0.25, 0.3) is 11.8 Å². The Morgan fingerprint density at radius 1 is 1.04 bits per heavy atom. The lowest BCUT2D eigenvalue weighted by Gasteiger charge is -2.11. The average molecular weight is 402 g/mol. The molecule has 1 N–H and O–H groups in total.